The Labute approximate surface area is 382 Å². The predicted octanol–water partition coefficient (Wildman–Crippen LogP) is 16.8. The third-order valence-electron chi connectivity index (χ3n) is 14.2. The van der Waals surface area contributed by atoms with Crippen LogP contribution in [0.3, 0.4) is 0 Å². The molecule has 0 spiro atoms. The van der Waals surface area contributed by atoms with Crippen LogP contribution in [0, 0.1) is 0 Å². The zero-order valence-electron chi connectivity index (χ0n) is 36.6. The van der Waals surface area contributed by atoms with Crippen molar-refractivity contribution in [1.29, 1.82) is 0 Å². The van der Waals surface area contributed by atoms with Crippen molar-refractivity contribution in [2.75, 3.05) is 5.32 Å². The number of hydrogen-bond acceptors (Lipinski definition) is 1. The Morgan fingerprint density at radius 3 is 1.02 bits per heavy atom. The van der Waals surface area contributed by atoms with E-state index in [0.717, 1.165) is 11.4 Å². The number of fused-ring (bicyclic) bond motifs is 6. The summed E-state index contributed by atoms with van der Waals surface area (Å²) in [4.78, 5) is 0. The van der Waals surface area contributed by atoms with Crippen molar-refractivity contribution in [3.05, 3.63) is 276 Å². The van der Waals surface area contributed by atoms with E-state index in [4.69, 9.17) is 0 Å². The first-order valence-corrected chi connectivity index (χ1v) is 22.7. The zero-order valence-corrected chi connectivity index (χ0v) is 36.6. The molecule has 0 aromatic heterocycles. The lowest BCUT2D eigenvalue weighted by Crippen LogP contribution is -2.28. The fourth-order valence-corrected chi connectivity index (χ4v) is 10.9. The van der Waals surface area contributed by atoms with Crippen molar-refractivity contribution in [3.8, 4) is 66.8 Å². The highest BCUT2D eigenvalue weighted by Gasteiger charge is 2.46. The highest BCUT2D eigenvalue weighted by atomic mass is 14.9. The second-order valence-corrected chi connectivity index (χ2v) is 18.2. The van der Waals surface area contributed by atoms with Crippen LogP contribution in [0.4, 0.5) is 11.4 Å². The molecule has 0 saturated heterocycles. The summed E-state index contributed by atoms with van der Waals surface area (Å²) >= 11 is 0. The van der Waals surface area contributed by atoms with E-state index >= 15 is 0 Å². The van der Waals surface area contributed by atoms with Gasteiger partial charge in [-0.25, -0.2) is 0 Å². The van der Waals surface area contributed by atoms with E-state index in [0.29, 0.717) is 0 Å². The monoisotopic (exact) mass is 829 g/mol. The summed E-state index contributed by atoms with van der Waals surface area (Å²) in [5.74, 6) is 0. The molecule has 1 heteroatoms. The maximum atomic E-state index is 3.90. The van der Waals surface area contributed by atoms with Gasteiger partial charge in [-0.2, -0.15) is 0 Å². The van der Waals surface area contributed by atoms with Crippen LogP contribution in [0.5, 0.6) is 0 Å². The lowest BCUT2D eigenvalue weighted by Gasteiger charge is -2.34. The van der Waals surface area contributed by atoms with Gasteiger partial charge in [0.1, 0.15) is 0 Å². The highest BCUT2D eigenvalue weighted by molar-refractivity contribution is 5.91. The van der Waals surface area contributed by atoms with Gasteiger partial charge in [-0.1, -0.05) is 220 Å². The van der Waals surface area contributed by atoms with Crippen LogP contribution < -0.4 is 5.32 Å². The van der Waals surface area contributed by atoms with Crippen LogP contribution in [0.25, 0.3) is 66.8 Å². The first kappa shape index (κ1) is 38.7. The minimum Gasteiger partial charge on any atom is -0.356 e. The average molecular weight is 830 g/mol. The Kier molecular flexibility index (Phi) is 9.14. The van der Waals surface area contributed by atoms with Crippen molar-refractivity contribution in [3.63, 3.8) is 0 Å². The van der Waals surface area contributed by atoms with E-state index in [1.165, 1.54) is 100 Å². The molecule has 0 aliphatic heterocycles. The number of benzene rings is 10. The molecule has 1 nitrogen and oxygen atoms in total. The molecular weight excluding hydrogens is 783 g/mol. The highest BCUT2D eigenvalue weighted by Crippen LogP contribution is 2.58. The third kappa shape index (κ3) is 6.38. The van der Waals surface area contributed by atoms with E-state index in [9.17, 15) is 0 Å². The van der Waals surface area contributed by atoms with E-state index in [1.54, 1.807) is 0 Å². The summed E-state index contributed by atoms with van der Waals surface area (Å²) in [6, 6.07) is 89.4. The SMILES string of the molecule is CC1(C)c2cc(Nc3ccc4c(c3)C(c3ccccc3)(c3ccccc3)c3cc(-c5ccccc5)ccc3-4)ccc2-c2ccc(-c3ccc(-c4ccc(-c5ccccc5)cc4)cc3)cc21. The summed E-state index contributed by atoms with van der Waals surface area (Å²) < 4.78 is 0. The Morgan fingerprint density at radius 2 is 0.554 bits per heavy atom. The molecule has 1 N–H and O–H groups in total. The number of hydrogen-bond donors (Lipinski definition) is 1. The van der Waals surface area contributed by atoms with Crippen molar-refractivity contribution in [1.82, 2.24) is 0 Å². The van der Waals surface area contributed by atoms with Crippen LogP contribution in [-0.4, -0.2) is 0 Å². The standard InChI is InChI=1S/C64H47N/c1-63(2)59-39-49(48-29-27-47(28-30-48)46-25-23-45(24-26-46)43-15-7-3-8-16-43)31-35-55(59)56-37-33-53(41-60(56)63)65-54-34-38-58-57-36-32-50(44-17-9-4-10-18-44)40-61(57)64(62(58)42-54,51-19-11-5-12-20-51)52-21-13-6-14-22-52/h3-42,65H,1-2H3. The third-order valence-corrected chi connectivity index (χ3v) is 14.2. The molecule has 2 aliphatic rings. The lowest BCUT2D eigenvalue weighted by molar-refractivity contribution is 0.661. The molecule has 0 radical (unpaired) electrons. The van der Waals surface area contributed by atoms with Gasteiger partial charge in [-0.3, -0.25) is 0 Å². The molecule has 0 bridgehead atoms. The van der Waals surface area contributed by atoms with Crippen LogP contribution >= 0.6 is 0 Å². The lowest BCUT2D eigenvalue weighted by atomic mass is 9.67. The normalized spacial score (nSPS) is 13.6. The fraction of sp³-hybridized carbons (Fsp3) is 0.0625. The van der Waals surface area contributed by atoms with E-state index in [2.05, 4.69) is 262 Å². The number of rotatable bonds is 8. The predicted molar refractivity (Wildman–Crippen MR) is 273 cm³/mol. The fourth-order valence-electron chi connectivity index (χ4n) is 10.9. The Morgan fingerprint density at radius 1 is 0.262 bits per heavy atom. The Bertz CT molecular complexity index is 3330. The summed E-state index contributed by atoms with van der Waals surface area (Å²) in [7, 11) is 0. The van der Waals surface area contributed by atoms with Crippen LogP contribution in [0.2, 0.25) is 0 Å². The van der Waals surface area contributed by atoms with Crippen LogP contribution in [-0.2, 0) is 10.8 Å². The molecule has 0 fully saturated rings. The second kappa shape index (κ2) is 15.4. The largest absolute Gasteiger partial charge is 0.356 e. The molecule has 10 aromatic carbocycles. The van der Waals surface area contributed by atoms with E-state index in [-0.39, 0.29) is 5.41 Å². The molecular formula is C64H47N. The number of anilines is 2. The molecule has 2 aliphatic carbocycles. The summed E-state index contributed by atoms with van der Waals surface area (Å²) in [6.07, 6.45) is 0. The maximum Gasteiger partial charge on any atom is 0.0714 e. The molecule has 308 valence electrons. The smallest absolute Gasteiger partial charge is 0.0714 e. The van der Waals surface area contributed by atoms with Crippen LogP contribution in [0.15, 0.2) is 243 Å². The molecule has 0 saturated carbocycles. The molecule has 10 aromatic rings. The molecule has 0 amide bonds. The quantitative estimate of drug-likeness (QED) is 0.161. The first-order valence-electron chi connectivity index (χ1n) is 22.7. The average Bonchev–Trinajstić information content (AvgIpc) is 3.79. The first-order chi connectivity index (χ1) is 31.9. The molecule has 0 unspecified atom stereocenters. The minimum atomic E-state index is -0.511. The number of nitrogens with one attached hydrogen (secondary N) is 1. The zero-order chi connectivity index (χ0) is 43.5. The summed E-state index contributed by atoms with van der Waals surface area (Å²) in [6.45, 7) is 4.75. The van der Waals surface area contributed by atoms with Gasteiger partial charge in [0.15, 0.2) is 0 Å². The van der Waals surface area contributed by atoms with Gasteiger partial charge in [0.25, 0.3) is 0 Å². The summed E-state index contributed by atoms with van der Waals surface area (Å²) in [5, 5.41) is 3.90. The van der Waals surface area contributed by atoms with Gasteiger partial charge >= 0.3 is 0 Å². The van der Waals surface area contributed by atoms with Crippen molar-refractivity contribution < 1.29 is 0 Å². The van der Waals surface area contributed by atoms with Gasteiger partial charge in [-0.05, 0) is 137 Å². The van der Waals surface area contributed by atoms with Crippen LogP contribution in [0.1, 0.15) is 47.2 Å². The maximum absolute atomic E-state index is 3.90. The van der Waals surface area contributed by atoms with Crippen molar-refractivity contribution >= 4 is 11.4 Å². The van der Waals surface area contributed by atoms with Crippen molar-refractivity contribution in [2.24, 2.45) is 0 Å². The molecule has 12 rings (SSSR count). The van der Waals surface area contributed by atoms with Gasteiger partial charge in [0.2, 0.25) is 0 Å². The van der Waals surface area contributed by atoms with E-state index < -0.39 is 5.41 Å². The second-order valence-electron chi connectivity index (χ2n) is 18.2. The van der Waals surface area contributed by atoms with Gasteiger partial charge in [0, 0.05) is 16.8 Å². The van der Waals surface area contributed by atoms with E-state index in [1.807, 2.05) is 0 Å². The molecule has 65 heavy (non-hydrogen) atoms. The van der Waals surface area contributed by atoms with Gasteiger partial charge < -0.3 is 5.32 Å². The minimum absolute atomic E-state index is 0.176. The molecule has 0 heterocycles. The van der Waals surface area contributed by atoms with Gasteiger partial charge in [0.05, 0.1) is 5.41 Å². The molecule has 0 atom stereocenters. The topological polar surface area (TPSA) is 12.0 Å². The van der Waals surface area contributed by atoms with Gasteiger partial charge in [-0.15, -0.1) is 0 Å². The Hall–Kier alpha value is -8.00. The Balaban J connectivity index is 0.868. The summed E-state index contributed by atoms with van der Waals surface area (Å²) in [5.41, 5.74) is 24.3. The van der Waals surface area contributed by atoms with Crippen molar-refractivity contribution in [2.45, 2.75) is 24.7 Å².